The molecule has 0 saturated heterocycles. The first-order valence-corrected chi connectivity index (χ1v) is 7.21. The van der Waals surface area contributed by atoms with Crippen molar-refractivity contribution in [2.24, 2.45) is 0 Å². The normalized spacial score (nSPS) is 10.7. The van der Waals surface area contributed by atoms with E-state index < -0.39 is 0 Å². The van der Waals surface area contributed by atoms with E-state index in [1.54, 1.807) is 36.4 Å². The van der Waals surface area contributed by atoms with Crippen LogP contribution in [-0.4, -0.2) is 10.3 Å². The number of rotatable bonds is 4. The zero-order valence-electron chi connectivity index (χ0n) is 11.3. The van der Waals surface area contributed by atoms with Gasteiger partial charge in [0.15, 0.2) is 5.76 Å². The molecule has 1 heterocycles. The molecule has 3 aromatic rings. The van der Waals surface area contributed by atoms with Crippen LogP contribution in [0.1, 0.15) is 5.69 Å². The van der Waals surface area contributed by atoms with Crippen molar-refractivity contribution in [1.82, 2.24) is 5.16 Å². The van der Waals surface area contributed by atoms with Crippen molar-refractivity contribution in [2.45, 2.75) is 6.61 Å². The molecule has 22 heavy (non-hydrogen) atoms. The summed E-state index contributed by atoms with van der Waals surface area (Å²) in [5.74, 6) is 1.75. The standard InChI is InChI=1S/C16H11Cl2NO3/c17-11-3-6-15(14(18)7-11)21-13-4-1-10(2-5-13)16-8-12(9-20)19-22-16/h1-8,20H,9H2. The number of aliphatic hydroxyl groups is 1. The van der Waals surface area contributed by atoms with Crippen molar-refractivity contribution in [3.8, 4) is 22.8 Å². The number of halogens is 2. The molecule has 3 rings (SSSR count). The fourth-order valence-corrected chi connectivity index (χ4v) is 2.34. The summed E-state index contributed by atoms with van der Waals surface area (Å²) in [6.07, 6.45) is 0. The van der Waals surface area contributed by atoms with Crippen LogP contribution < -0.4 is 4.74 Å². The van der Waals surface area contributed by atoms with E-state index in [2.05, 4.69) is 5.16 Å². The highest BCUT2D eigenvalue weighted by Gasteiger charge is 2.08. The van der Waals surface area contributed by atoms with E-state index in [0.717, 1.165) is 5.56 Å². The fraction of sp³-hybridized carbons (Fsp3) is 0.0625. The quantitative estimate of drug-likeness (QED) is 0.734. The summed E-state index contributed by atoms with van der Waals surface area (Å²) in [5.41, 5.74) is 1.32. The molecule has 6 heteroatoms. The van der Waals surface area contributed by atoms with Crippen LogP contribution in [-0.2, 0) is 6.61 Å². The average molecular weight is 336 g/mol. The van der Waals surface area contributed by atoms with Gasteiger partial charge in [-0.2, -0.15) is 0 Å². The number of nitrogens with zero attached hydrogens (tertiary/aromatic N) is 1. The summed E-state index contributed by atoms with van der Waals surface area (Å²) < 4.78 is 10.8. The van der Waals surface area contributed by atoms with Crippen molar-refractivity contribution in [3.05, 3.63) is 64.3 Å². The summed E-state index contributed by atoms with van der Waals surface area (Å²) in [6.45, 7) is -0.153. The molecule has 0 radical (unpaired) electrons. The van der Waals surface area contributed by atoms with Crippen LogP contribution in [0.25, 0.3) is 11.3 Å². The molecule has 1 N–H and O–H groups in total. The summed E-state index contributed by atoms with van der Waals surface area (Å²) in [6, 6.07) is 14.0. The van der Waals surface area contributed by atoms with Crippen molar-refractivity contribution in [2.75, 3.05) is 0 Å². The third-order valence-corrected chi connectivity index (χ3v) is 3.51. The molecule has 0 fully saturated rings. The highest BCUT2D eigenvalue weighted by Crippen LogP contribution is 2.32. The van der Waals surface area contributed by atoms with Crippen LogP contribution in [0.2, 0.25) is 10.0 Å². The minimum absolute atomic E-state index is 0.153. The molecule has 112 valence electrons. The van der Waals surface area contributed by atoms with Crippen LogP contribution in [0.4, 0.5) is 0 Å². The molecule has 0 aliphatic heterocycles. The van der Waals surface area contributed by atoms with Crippen molar-refractivity contribution < 1.29 is 14.4 Å². The Morgan fingerprint density at radius 2 is 1.82 bits per heavy atom. The topological polar surface area (TPSA) is 55.5 Å². The van der Waals surface area contributed by atoms with Crippen molar-refractivity contribution in [3.63, 3.8) is 0 Å². The lowest BCUT2D eigenvalue weighted by atomic mass is 10.1. The van der Waals surface area contributed by atoms with Crippen LogP contribution >= 0.6 is 23.2 Å². The van der Waals surface area contributed by atoms with Gasteiger partial charge in [-0.3, -0.25) is 0 Å². The lowest BCUT2D eigenvalue weighted by Crippen LogP contribution is -1.85. The Kier molecular flexibility index (Phi) is 4.34. The smallest absolute Gasteiger partial charge is 0.167 e. The Bertz CT molecular complexity index is 784. The Morgan fingerprint density at radius 3 is 2.45 bits per heavy atom. The van der Waals surface area contributed by atoms with Crippen LogP contribution in [0.3, 0.4) is 0 Å². The summed E-state index contributed by atoms with van der Waals surface area (Å²) >= 11 is 11.9. The lowest BCUT2D eigenvalue weighted by molar-refractivity contribution is 0.267. The second-order valence-electron chi connectivity index (χ2n) is 4.54. The highest BCUT2D eigenvalue weighted by molar-refractivity contribution is 6.35. The molecule has 2 aromatic carbocycles. The number of aromatic nitrogens is 1. The SMILES string of the molecule is OCc1cc(-c2ccc(Oc3ccc(Cl)cc3Cl)cc2)on1. The average Bonchev–Trinajstić information content (AvgIpc) is 3.00. The predicted octanol–water partition coefficient (Wildman–Crippen LogP) is 4.93. The Balaban J connectivity index is 1.79. The second-order valence-corrected chi connectivity index (χ2v) is 5.39. The molecule has 0 spiro atoms. The molecule has 1 aromatic heterocycles. The van der Waals surface area contributed by atoms with Gasteiger partial charge in [0, 0.05) is 16.7 Å². The minimum atomic E-state index is -0.153. The lowest BCUT2D eigenvalue weighted by Gasteiger charge is -2.08. The molecule has 0 amide bonds. The maximum atomic E-state index is 8.99. The number of hydrogen-bond acceptors (Lipinski definition) is 4. The van der Waals surface area contributed by atoms with Gasteiger partial charge in [0.1, 0.15) is 17.2 Å². The third-order valence-electron chi connectivity index (χ3n) is 2.98. The zero-order valence-corrected chi connectivity index (χ0v) is 12.8. The summed E-state index contributed by atoms with van der Waals surface area (Å²) in [7, 11) is 0. The number of aliphatic hydroxyl groups excluding tert-OH is 1. The van der Waals surface area contributed by atoms with E-state index in [-0.39, 0.29) is 6.61 Å². The van der Waals surface area contributed by atoms with Gasteiger partial charge in [-0.25, -0.2) is 0 Å². The van der Waals surface area contributed by atoms with Crippen LogP contribution in [0.5, 0.6) is 11.5 Å². The first kappa shape index (κ1) is 14.9. The molecule has 0 aliphatic carbocycles. The zero-order chi connectivity index (χ0) is 15.5. The van der Waals surface area contributed by atoms with E-state index in [1.165, 1.54) is 0 Å². The highest BCUT2D eigenvalue weighted by atomic mass is 35.5. The van der Waals surface area contributed by atoms with E-state index in [1.807, 2.05) is 12.1 Å². The van der Waals surface area contributed by atoms with Crippen molar-refractivity contribution in [1.29, 1.82) is 0 Å². The maximum Gasteiger partial charge on any atom is 0.167 e. The second kappa shape index (κ2) is 6.40. The summed E-state index contributed by atoms with van der Waals surface area (Å²) in [5, 5.41) is 13.7. The van der Waals surface area contributed by atoms with Gasteiger partial charge in [0.25, 0.3) is 0 Å². The Hall–Kier alpha value is -2.01. The molecule has 0 aliphatic rings. The van der Waals surface area contributed by atoms with Gasteiger partial charge in [0.05, 0.1) is 11.6 Å². The van der Waals surface area contributed by atoms with Crippen LogP contribution in [0.15, 0.2) is 53.1 Å². The molecular formula is C16H11Cl2NO3. The van der Waals surface area contributed by atoms with Crippen LogP contribution in [0, 0.1) is 0 Å². The van der Waals surface area contributed by atoms with E-state index in [9.17, 15) is 0 Å². The number of ether oxygens (including phenoxy) is 1. The van der Waals surface area contributed by atoms with E-state index in [4.69, 9.17) is 37.6 Å². The summed E-state index contributed by atoms with van der Waals surface area (Å²) in [4.78, 5) is 0. The minimum Gasteiger partial charge on any atom is -0.456 e. The van der Waals surface area contributed by atoms with Gasteiger partial charge in [0.2, 0.25) is 0 Å². The first-order valence-electron chi connectivity index (χ1n) is 6.45. The van der Waals surface area contributed by atoms with E-state index >= 15 is 0 Å². The largest absolute Gasteiger partial charge is 0.456 e. The molecule has 4 nitrogen and oxygen atoms in total. The van der Waals surface area contributed by atoms with Gasteiger partial charge in [-0.05, 0) is 42.5 Å². The number of benzene rings is 2. The number of hydrogen-bond donors (Lipinski definition) is 1. The van der Waals surface area contributed by atoms with Gasteiger partial charge < -0.3 is 14.4 Å². The Labute approximate surface area is 136 Å². The fourth-order valence-electron chi connectivity index (χ4n) is 1.89. The maximum absolute atomic E-state index is 8.99. The van der Waals surface area contributed by atoms with Crippen molar-refractivity contribution >= 4 is 23.2 Å². The first-order chi connectivity index (χ1) is 10.7. The predicted molar refractivity (Wildman–Crippen MR) is 84.4 cm³/mol. The molecule has 0 atom stereocenters. The molecule has 0 unspecified atom stereocenters. The molecule has 0 saturated carbocycles. The monoisotopic (exact) mass is 335 g/mol. The molecule has 0 bridgehead atoms. The third kappa shape index (κ3) is 3.25. The van der Waals surface area contributed by atoms with Gasteiger partial charge in [-0.15, -0.1) is 0 Å². The molecular weight excluding hydrogens is 325 g/mol. The Morgan fingerprint density at radius 1 is 1.05 bits per heavy atom. The van der Waals surface area contributed by atoms with Gasteiger partial charge in [-0.1, -0.05) is 28.4 Å². The van der Waals surface area contributed by atoms with E-state index in [0.29, 0.717) is 33.0 Å². The van der Waals surface area contributed by atoms with Gasteiger partial charge >= 0.3 is 0 Å².